The molecule has 2 rings (SSSR count). The Morgan fingerprint density at radius 2 is 2.28 bits per heavy atom. The largest absolute Gasteiger partial charge is 0.463 e. The summed E-state index contributed by atoms with van der Waals surface area (Å²) in [7, 11) is 1.31. The van der Waals surface area contributed by atoms with Crippen LogP contribution >= 0.6 is 0 Å². The van der Waals surface area contributed by atoms with Gasteiger partial charge in [0.25, 0.3) is 0 Å². The molecule has 1 aliphatic carbocycles. The zero-order valence-electron chi connectivity index (χ0n) is 10.7. The van der Waals surface area contributed by atoms with Gasteiger partial charge in [0.05, 0.1) is 7.11 Å². The summed E-state index contributed by atoms with van der Waals surface area (Å²) in [6.07, 6.45) is 3.22. The van der Waals surface area contributed by atoms with E-state index in [4.69, 9.17) is 5.73 Å². The number of carbonyl (C=O) groups is 1. The second-order valence-corrected chi connectivity index (χ2v) is 4.78. The van der Waals surface area contributed by atoms with E-state index in [1.807, 2.05) is 0 Å². The quantitative estimate of drug-likeness (QED) is 0.770. The number of methoxy groups -OCH3 is 1. The van der Waals surface area contributed by atoms with Gasteiger partial charge in [-0.05, 0) is 26.2 Å². The van der Waals surface area contributed by atoms with Crippen molar-refractivity contribution in [1.29, 1.82) is 0 Å². The highest BCUT2D eigenvalue weighted by molar-refractivity contribution is 5.85. The minimum atomic E-state index is -0.534. The third-order valence-corrected chi connectivity index (χ3v) is 3.19. The molecule has 0 aromatic carbocycles. The number of aryl methyl sites for hydroxylation is 1. The molecular formula is C12H18N4O2. The standard InChI is InChI=1S/C12H18N4O2/c1-8-6-9(14-7-12(13)4-3-5-12)16-10(15-8)11(17)18-2/h6H,3-5,7,13H2,1-2H3,(H,14,15,16). The van der Waals surface area contributed by atoms with E-state index in [0.717, 1.165) is 12.8 Å². The van der Waals surface area contributed by atoms with Crippen molar-refractivity contribution in [3.63, 3.8) is 0 Å². The number of hydrogen-bond donors (Lipinski definition) is 2. The molecule has 3 N–H and O–H groups in total. The van der Waals surface area contributed by atoms with E-state index in [1.54, 1.807) is 13.0 Å². The fourth-order valence-electron chi connectivity index (χ4n) is 1.92. The molecule has 1 aromatic heterocycles. The van der Waals surface area contributed by atoms with Crippen molar-refractivity contribution in [2.75, 3.05) is 19.0 Å². The van der Waals surface area contributed by atoms with Crippen LogP contribution in [0.3, 0.4) is 0 Å². The first kappa shape index (κ1) is 12.8. The highest BCUT2D eigenvalue weighted by Gasteiger charge is 2.32. The highest BCUT2D eigenvalue weighted by Crippen LogP contribution is 2.29. The van der Waals surface area contributed by atoms with Gasteiger partial charge in [-0.15, -0.1) is 0 Å². The van der Waals surface area contributed by atoms with Crippen LogP contribution in [0.2, 0.25) is 0 Å². The SMILES string of the molecule is COC(=O)c1nc(C)cc(NCC2(N)CCC2)n1. The van der Waals surface area contributed by atoms with Crippen molar-refractivity contribution in [1.82, 2.24) is 9.97 Å². The van der Waals surface area contributed by atoms with Crippen molar-refractivity contribution >= 4 is 11.8 Å². The maximum absolute atomic E-state index is 11.4. The van der Waals surface area contributed by atoms with E-state index in [-0.39, 0.29) is 11.4 Å². The second-order valence-electron chi connectivity index (χ2n) is 4.78. The van der Waals surface area contributed by atoms with Crippen LogP contribution in [0.5, 0.6) is 0 Å². The summed E-state index contributed by atoms with van der Waals surface area (Å²) in [4.78, 5) is 19.5. The number of carbonyl (C=O) groups excluding carboxylic acids is 1. The first-order chi connectivity index (χ1) is 8.52. The van der Waals surface area contributed by atoms with Crippen LogP contribution in [0.25, 0.3) is 0 Å². The number of ether oxygens (including phenoxy) is 1. The Morgan fingerprint density at radius 3 is 2.83 bits per heavy atom. The van der Waals surface area contributed by atoms with E-state index in [0.29, 0.717) is 18.1 Å². The average Bonchev–Trinajstić information content (AvgIpc) is 2.32. The number of anilines is 1. The van der Waals surface area contributed by atoms with Crippen LogP contribution in [0.1, 0.15) is 35.6 Å². The normalized spacial score (nSPS) is 16.8. The topological polar surface area (TPSA) is 90.1 Å². The third-order valence-electron chi connectivity index (χ3n) is 3.19. The fraction of sp³-hybridized carbons (Fsp3) is 0.583. The molecule has 18 heavy (non-hydrogen) atoms. The lowest BCUT2D eigenvalue weighted by atomic mass is 9.78. The van der Waals surface area contributed by atoms with Crippen LogP contribution in [0.15, 0.2) is 6.07 Å². The zero-order valence-corrected chi connectivity index (χ0v) is 10.7. The Kier molecular flexibility index (Phi) is 3.47. The Bertz CT molecular complexity index is 457. The van der Waals surface area contributed by atoms with E-state index >= 15 is 0 Å². The predicted octanol–water partition coefficient (Wildman–Crippen LogP) is 0.865. The van der Waals surface area contributed by atoms with Gasteiger partial charge in [-0.1, -0.05) is 0 Å². The minimum Gasteiger partial charge on any atom is -0.463 e. The van der Waals surface area contributed by atoms with Crippen LogP contribution in [0, 0.1) is 6.92 Å². The van der Waals surface area contributed by atoms with Gasteiger partial charge < -0.3 is 15.8 Å². The summed E-state index contributed by atoms with van der Waals surface area (Å²) in [6, 6.07) is 1.79. The number of rotatable bonds is 4. The average molecular weight is 250 g/mol. The Labute approximate surface area is 106 Å². The van der Waals surface area contributed by atoms with Crippen LogP contribution in [-0.2, 0) is 4.74 Å². The van der Waals surface area contributed by atoms with Gasteiger partial charge in [0.2, 0.25) is 5.82 Å². The summed E-state index contributed by atoms with van der Waals surface area (Å²) in [5.74, 6) is 0.146. The van der Waals surface area contributed by atoms with Crippen molar-refractivity contribution in [3.05, 3.63) is 17.6 Å². The number of nitrogens with two attached hydrogens (primary N) is 1. The van der Waals surface area contributed by atoms with Crippen LogP contribution in [-0.4, -0.2) is 35.1 Å². The van der Waals surface area contributed by atoms with Gasteiger partial charge >= 0.3 is 5.97 Å². The van der Waals surface area contributed by atoms with Crippen LogP contribution < -0.4 is 11.1 Å². The van der Waals surface area contributed by atoms with E-state index in [9.17, 15) is 4.79 Å². The van der Waals surface area contributed by atoms with Gasteiger partial charge in [-0.3, -0.25) is 0 Å². The molecule has 0 radical (unpaired) electrons. The van der Waals surface area contributed by atoms with Gasteiger partial charge in [-0.2, -0.15) is 0 Å². The summed E-state index contributed by atoms with van der Waals surface area (Å²) in [6.45, 7) is 2.46. The predicted molar refractivity (Wildman–Crippen MR) is 67.4 cm³/mol. The van der Waals surface area contributed by atoms with Gasteiger partial charge in [-0.25, -0.2) is 14.8 Å². The maximum Gasteiger partial charge on any atom is 0.376 e. The first-order valence-electron chi connectivity index (χ1n) is 5.99. The lowest BCUT2D eigenvalue weighted by Gasteiger charge is -2.38. The Balaban J connectivity index is 2.07. The number of nitrogens with one attached hydrogen (secondary N) is 1. The number of hydrogen-bond acceptors (Lipinski definition) is 6. The number of esters is 1. The molecule has 1 aromatic rings. The summed E-state index contributed by atoms with van der Waals surface area (Å²) >= 11 is 0. The second kappa shape index (κ2) is 4.89. The molecule has 0 atom stereocenters. The molecule has 0 bridgehead atoms. The molecular weight excluding hydrogens is 232 g/mol. The molecule has 0 aliphatic heterocycles. The summed E-state index contributed by atoms with van der Waals surface area (Å²) < 4.78 is 4.61. The van der Waals surface area contributed by atoms with E-state index in [1.165, 1.54) is 13.5 Å². The summed E-state index contributed by atoms with van der Waals surface area (Å²) in [5.41, 5.74) is 6.70. The van der Waals surface area contributed by atoms with E-state index < -0.39 is 5.97 Å². The molecule has 6 heteroatoms. The van der Waals surface area contributed by atoms with Crippen LogP contribution in [0.4, 0.5) is 5.82 Å². The van der Waals surface area contributed by atoms with Gasteiger partial charge in [0.15, 0.2) is 0 Å². The zero-order chi connectivity index (χ0) is 13.2. The molecule has 1 heterocycles. The lowest BCUT2D eigenvalue weighted by molar-refractivity contribution is 0.0586. The van der Waals surface area contributed by atoms with Crippen molar-refractivity contribution < 1.29 is 9.53 Å². The molecule has 6 nitrogen and oxygen atoms in total. The Morgan fingerprint density at radius 1 is 1.56 bits per heavy atom. The molecule has 1 saturated carbocycles. The first-order valence-corrected chi connectivity index (χ1v) is 5.99. The lowest BCUT2D eigenvalue weighted by Crippen LogP contribution is -2.52. The van der Waals surface area contributed by atoms with Gasteiger partial charge in [0.1, 0.15) is 5.82 Å². The highest BCUT2D eigenvalue weighted by atomic mass is 16.5. The minimum absolute atomic E-state index is 0.0691. The maximum atomic E-state index is 11.4. The monoisotopic (exact) mass is 250 g/mol. The molecule has 0 amide bonds. The fourth-order valence-corrected chi connectivity index (χ4v) is 1.92. The number of nitrogens with zero attached hydrogens (tertiary/aromatic N) is 2. The molecule has 0 spiro atoms. The summed E-state index contributed by atoms with van der Waals surface area (Å²) in [5, 5.41) is 3.16. The third kappa shape index (κ3) is 2.76. The number of aromatic nitrogens is 2. The molecule has 98 valence electrons. The Hall–Kier alpha value is -1.69. The molecule has 0 saturated heterocycles. The molecule has 0 unspecified atom stereocenters. The van der Waals surface area contributed by atoms with E-state index in [2.05, 4.69) is 20.0 Å². The smallest absolute Gasteiger partial charge is 0.376 e. The van der Waals surface area contributed by atoms with Crippen molar-refractivity contribution in [2.45, 2.75) is 31.7 Å². The van der Waals surface area contributed by atoms with Crippen molar-refractivity contribution in [3.8, 4) is 0 Å². The van der Waals surface area contributed by atoms with Crippen molar-refractivity contribution in [2.24, 2.45) is 5.73 Å². The van der Waals surface area contributed by atoms with Gasteiger partial charge in [0, 0.05) is 23.8 Å². The molecule has 1 fully saturated rings. The molecule has 1 aliphatic rings.